The van der Waals surface area contributed by atoms with Crippen molar-refractivity contribution in [1.29, 1.82) is 0 Å². The van der Waals surface area contributed by atoms with Gasteiger partial charge in [0, 0.05) is 5.33 Å². The van der Waals surface area contributed by atoms with Crippen LogP contribution in [0.3, 0.4) is 0 Å². The Bertz CT molecular complexity index is 412. The van der Waals surface area contributed by atoms with Gasteiger partial charge in [0.25, 0.3) is 0 Å². The van der Waals surface area contributed by atoms with Crippen molar-refractivity contribution in [2.24, 2.45) is 17.3 Å². The highest BCUT2D eigenvalue weighted by Gasteiger charge is 2.49. The molecule has 0 heterocycles. The van der Waals surface area contributed by atoms with Gasteiger partial charge in [-0.3, -0.25) is 0 Å². The zero-order valence-electron chi connectivity index (χ0n) is 10.6. The molecule has 1 heteroatoms. The van der Waals surface area contributed by atoms with Crippen LogP contribution in [0.25, 0.3) is 0 Å². The van der Waals surface area contributed by atoms with Crippen molar-refractivity contribution in [2.75, 3.05) is 5.33 Å². The number of benzene rings is 1. The van der Waals surface area contributed by atoms with E-state index in [1.807, 2.05) is 0 Å². The maximum Gasteiger partial charge on any atom is 0.00939 e. The van der Waals surface area contributed by atoms with Gasteiger partial charge >= 0.3 is 0 Å². The van der Waals surface area contributed by atoms with Gasteiger partial charge in [-0.05, 0) is 55.4 Å². The number of aryl methyl sites for hydroxylation is 1. The average molecular weight is 293 g/mol. The minimum atomic E-state index is 0.566. The minimum Gasteiger partial charge on any atom is -0.0922 e. The van der Waals surface area contributed by atoms with E-state index in [1.165, 1.54) is 48.6 Å². The van der Waals surface area contributed by atoms with Gasteiger partial charge in [-0.2, -0.15) is 0 Å². The predicted octanol–water partition coefficient (Wildman–Crippen LogP) is 4.74. The second-order valence-electron chi connectivity index (χ2n) is 6.24. The first kappa shape index (κ1) is 11.8. The zero-order chi connectivity index (χ0) is 11.9. The standard InChI is InChI=1S/C16H21Br/c1-12-3-2-4-13(7-12)9-16(11-17)10-14-5-6-15(16)8-14/h2-4,7,14-15H,5-6,8-11H2,1H3. The second kappa shape index (κ2) is 4.42. The molecule has 2 fully saturated rings. The zero-order valence-corrected chi connectivity index (χ0v) is 12.2. The van der Waals surface area contributed by atoms with Crippen LogP contribution in [0.2, 0.25) is 0 Å². The van der Waals surface area contributed by atoms with Crippen LogP contribution in [0, 0.1) is 24.2 Å². The monoisotopic (exact) mass is 292 g/mol. The molecular formula is C16H21Br. The van der Waals surface area contributed by atoms with Gasteiger partial charge in [0.05, 0.1) is 0 Å². The molecule has 0 nitrogen and oxygen atoms in total. The van der Waals surface area contributed by atoms with Gasteiger partial charge in [-0.25, -0.2) is 0 Å². The molecule has 0 aromatic heterocycles. The lowest BCUT2D eigenvalue weighted by molar-refractivity contribution is 0.197. The van der Waals surface area contributed by atoms with Crippen LogP contribution in [0.1, 0.15) is 36.8 Å². The number of rotatable bonds is 3. The lowest BCUT2D eigenvalue weighted by Gasteiger charge is -2.36. The first-order chi connectivity index (χ1) is 8.22. The number of hydrogen-bond acceptors (Lipinski definition) is 0. The largest absolute Gasteiger partial charge is 0.0922 e. The third kappa shape index (κ3) is 2.07. The first-order valence-corrected chi connectivity index (χ1v) is 7.95. The third-order valence-electron chi connectivity index (χ3n) is 5.01. The summed E-state index contributed by atoms with van der Waals surface area (Å²) >= 11 is 3.81. The Kier molecular flexibility index (Phi) is 3.06. The second-order valence-corrected chi connectivity index (χ2v) is 6.80. The van der Waals surface area contributed by atoms with Crippen LogP contribution in [0.4, 0.5) is 0 Å². The van der Waals surface area contributed by atoms with Crippen LogP contribution in [-0.4, -0.2) is 5.33 Å². The summed E-state index contributed by atoms with van der Waals surface area (Å²) in [5.74, 6) is 2.01. The predicted molar refractivity (Wildman–Crippen MR) is 76.6 cm³/mol. The molecule has 2 aliphatic carbocycles. The van der Waals surface area contributed by atoms with Crippen molar-refractivity contribution >= 4 is 15.9 Å². The maximum atomic E-state index is 3.81. The number of hydrogen-bond donors (Lipinski definition) is 0. The summed E-state index contributed by atoms with van der Waals surface area (Å²) in [4.78, 5) is 0. The Morgan fingerprint density at radius 3 is 2.82 bits per heavy atom. The summed E-state index contributed by atoms with van der Waals surface area (Å²) in [5, 5.41) is 1.19. The van der Waals surface area contributed by atoms with Crippen molar-refractivity contribution in [3.05, 3.63) is 35.4 Å². The van der Waals surface area contributed by atoms with Crippen LogP contribution >= 0.6 is 15.9 Å². The van der Waals surface area contributed by atoms with Crippen molar-refractivity contribution in [3.8, 4) is 0 Å². The Balaban J connectivity index is 1.83. The molecule has 17 heavy (non-hydrogen) atoms. The fraction of sp³-hybridized carbons (Fsp3) is 0.625. The highest BCUT2D eigenvalue weighted by atomic mass is 79.9. The maximum absolute atomic E-state index is 3.81. The molecule has 0 N–H and O–H groups in total. The van der Waals surface area contributed by atoms with E-state index < -0.39 is 0 Å². The molecule has 92 valence electrons. The number of alkyl halides is 1. The topological polar surface area (TPSA) is 0 Å². The van der Waals surface area contributed by atoms with E-state index in [0.717, 1.165) is 11.8 Å². The smallest absolute Gasteiger partial charge is 0.00939 e. The van der Waals surface area contributed by atoms with Crippen molar-refractivity contribution in [3.63, 3.8) is 0 Å². The molecule has 0 aliphatic heterocycles. The van der Waals surface area contributed by atoms with E-state index in [2.05, 4.69) is 47.1 Å². The van der Waals surface area contributed by atoms with Crippen molar-refractivity contribution in [2.45, 2.75) is 39.0 Å². The average Bonchev–Trinajstić information content (AvgIpc) is 2.89. The molecule has 2 saturated carbocycles. The summed E-state index contributed by atoms with van der Waals surface area (Å²) in [6.07, 6.45) is 7.20. The Labute approximate surface area is 113 Å². The summed E-state index contributed by atoms with van der Waals surface area (Å²) in [7, 11) is 0. The molecule has 0 radical (unpaired) electrons. The normalized spacial score (nSPS) is 35.4. The summed E-state index contributed by atoms with van der Waals surface area (Å²) in [5.41, 5.74) is 3.50. The lowest BCUT2D eigenvalue weighted by Crippen LogP contribution is -2.32. The summed E-state index contributed by atoms with van der Waals surface area (Å²) in [6, 6.07) is 9.09. The highest BCUT2D eigenvalue weighted by molar-refractivity contribution is 9.09. The molecule has 1 aromatic carbocycles. The Hall–Kier alpha value is -0.300. The van der Waals surface area contributed by atoms with Gasteiger partial charge in [0.2, 0.25) is 0 Å². The fourth-order valence-corrected chi connectivity index (χ4v) is 5.10. The Morgan fingerprint density at radius 2 is 2.24 bits per heavy atom. The molecule has 2 bridgehead atoms. The van der Waals surface area contributed by atoms with E-state index in [0.29, 0.717) is 5.41 Å². The molecular weight excluding hydrogens is 272 g/mol. The minimum absolute atomic E-state index is 0.566. The van der Waals surface area contributed by atoms with E-state index in [1.54, 1.807) is 0 Å². The molecule has 3 rings (SSSR count). The molecule has 1 aromatic rings. The molecule has 2 aliphatic rings. The molecule has 3 unspecified atom stereocenters. The van der Waals surface area contributed by atoms with Crippen molar-refractivity contribution < 1.29 is 0 Å². The van der Waals surface area contributed by atoms with Crippen LogP contribution < -0.4 is 0 Å². The summed E-state index contributed by atoms with van der Waals surface area (Å²) < 4.78 is 0. The van der Waals surface area contributed by atoms with Gasteiger partial charge in [-0.15, -0.1) is 0 Å². The Morgan fingerprint density at radius 1 is 1.35 bits per heavy atom. The van der Waals surface area contributed by atoms with Crippen LogP contribution in [0.5, 0.6) is 0 Å². The van der Waals surface area contributed by atoms with Crippen LogP contribution in [0.15, 0.2) is 24.3 Å². The van der Waals surface area contributed by atoms with Gasteiger partial charge in [0.15, 0.2) is 0 Å². The quantitative estimate of drug-likeness (QED) is 0.706. The highest BCUT2D eigenvalue weighted by Crippen LogP contribution is 2.57. The van der Waals surface area contributed by atoms with Gasteiger partial charge in [0.1, 0.15) is 0 Å². The molecule has 0 spiro atoms. The summed E-state index contributed by atoms with van der Waals surface area (Å²) in [6.45, 7) is 2.20. The first-order valence-electron chi connectivity index (χ1n) is 6.83. The SMILES string of the molecule is Cc1cccc(CC2(CBr)CC3CCC2C3)c1. The van der Waals surface area contributed by atoms with E-state index in [4.69, 9.17) is 0 Å². The van der Waals surface area contributed by atoms with Crippen molar-refractivity contribution in [1.82, 2.24) is 0 Å². The van der Waals surface area contributed by atoms with E-state index in [-0.39, 0.29) is 0 Å². The fourth-order valence-electron chi connectivity index (χ4n) is 4.21. The lowest BCUT2D eigenvalue weighted by atomic mass is 9.71. The molecule has 0 amide bonds. The van der Waals surface area contributed by atoms with Gasteiger partial charge in [-0.1, -0.05) is 52.2 Å². The number of fused-ring (bicyclic) bond motifs is 2. The number of halogens is 1. The van der Waals surface area contributed by atoms with Gasteiger partial charge < -0.3 is 0 Å². The molecule has 0 saturated heterocycles. The van der Waals surface area contributed by atoms with E-state index in [9.17, 15) is 0 Å². The van der Waals surface area contributed by atoms with Crippen LogP contribution in [-0.2, 0) is 6.42 Å². The third-order valence-corrected chi connectivity index (χ3v) is 6.12. The molecule has 3 atom stereocenters. The van der Waals surface area contributed by atoms with E-state index >= 15 is 0 Å².